The summed E-state index contributed by atoms with van der Waals surface area (Å²) >= 11 is 0. The van der Waals surface area contributed by atoms with Gasteiger partial charge in [0, 0.05) is 0 Å². The van der Waals surface area contributed by atoms with E-state index in [2.05, 4.69) is 79.7 Å². The van der Waals surface area contributed by atoms with Crippen LogP contribution in [0.25, 0.3) is 0 Å². The third kappa shape index (κ3) is 17.5. The lowest BCUT2D eigenvalue weighted by atomic mass is 9.80. The van der Waals surface area contributed by atoms with Gasteiger partial charge in [0.1, 0.15) is 5.60 Å². The second kappa shape index (κ2) is 28.9. The molecule has 0 saturated heterocycles. The molecule has 3 aromatic rings. The number of hydrogen-bond acceptors (Lipinski definition) is 6. The monoisotopic (exact) mass is 719 g/mol. The Labute approximate surface area is 316 Å². The van der Waals surface area contributed by atoms with E-state index >= 15 is 0 Å². The molecule has 290 valence electrons. The lowest BCUT2D eigenvalue weighted by molar-refractivity contribution is -0.166. The van der Waals surface area contributed by atoms with Gasteiger partial charge in [-0.1, -0.05) is 195 Å². The van der Waals surface area contributed by atoms with Gasteiger partial charge in [0.15, 0.2) is 6.29 Å². The van der Waals surface area contributed by atoms with Gasteiger partial charge < -0.3 is 28.8 Å². The number of benzene rings is 3. The van der Waals surface area contributed by atoms with Crippen molar-refractivity contribution >= 4 is 0 Å². The van der Waals surface area contributed by atoms with Crippen LogP contribution in [0.15, 0.2) is 91.0 Å². The fourth-order valence-electron chi connectivity index (χ4n) is 6.74. The third-order valence-electron chi connectivity index (χ3n) is 9.69. The number of rotatable bonds is 33. The van der Waals surface area contributed by atoms with E-state index in [9.17, 15) is 5.11 Å². The van der Waals surface area contributed by atoms with Crippen molar-refractivity contribution in [3.05, 3.63) is 108 Å². The SMILES string of the molecule is CCCCCCCCCCCCCCCCC(O)COC(CC)OCCOCCOCCOC(c1ccccc1)(c1ccccc1)c1ccccc1. The highest BCUT2D eigenvalue weighted by atomic mass is 16.7. The van der Waals surface area contributed by atoms with E-state index in [-0.39, 0.29) is 6.29 Å². The Morgan fingerprint density at radius 3 is 1.33 bits per heavy atom. The second-order valence-corrected chi connectivity index (χ2v) is 13.9. The molecular formula is C46H70O6. The fraction of sp³-hybridized carbons (Fsp3) is 0.609. The maximum Gasteiger partial charge on any atom is 0.157 e. The molecule has 0 radical (unpaired) electrons. The zero-order chi connectivity index (χ0) is 36.8. The minimum atomic E-state index is -0.749. The lowest BCUT2D eigenvalue weighted by Gasteiger charge is -2.36. The molecule has 0 bridgehead atoms. The molecule has 2 atom stereocenters. The van der Waals surface area contributed by atoms with Crippen LogP contribution in [-0.2, 0) is 29.3 Å². The Bertz CT molecular complexity index is 1110. The molecule has 0 amide bonds. The maximum atomic E-state index is 10.4. The van der Waals surface area contributed by atoms with Crippen LogP contribution in [0.1, 0.15) is 133 Å². The van der Waals surface area contributed by atoms with E-state index < -0.39 is 11.7 Å². The minimum Gasteiger partial charge on any atom is -0.391 e. The largest absolute Gasteiger partial charge is 0.391 e. The van der Waals surface area contributed by atoms with E-state index in [4.69, 9.17) is 23.7 Å². The molecule has 3 rings (SSSR count). The summed E-state index contributed by atoms with van der Waals surface area (Å²) in [4.78, 5) is 0. The molecule has 0 aromatic heterocycles. The van der Waals surface area contributed by atoms with Crippen molar-refractivity contribution in [1.82, 2.24) is 0 Å². The third-order valence-corrected chi connectivity index (χ3v) is 9.69. The number of unbranched alkanes of at least 4 members (excludes halogenated alkanes) is 13. The van der Waals surface area contributed by atoms with E-state index in [0.29, 0.717) is 46.2 Å². The normalized spacial score (nSPS) is 13.0. The highest BCUT2D eigenvalue weighted by Crippen LogP contribution is 2.40. The minimum absolute atomic E-state index is 0.313. The lowest BCUT2D eigenvalue weighted by Crippen LogP contribution is -2.34. The summed E-state index contributed by atoms with van der Waals surface area (Å²) in [6.45, 7) is 7.32. The number of hydrogen-bond donors (Lipinski definition) is 1. The molecule has 6 heteroatoms. The molecule has 0 heterocycles. The van der Waals surface area contributed by atoms with Crippen LogP contribution in [0.5, 0.6) is 0 Å². The van der Waals surface area contributed by atoms with Gasteiger partial charge in [-0.3, -0.25) is 0 Å². The number of aliphatic hydroxyl groups is 1. The van der Waals surface area contributed by atoms with Gasteiger partial charge in [0.2, 0.25) is 0 Å². The van der Waals surface area contributed by atoms with Gasteiger partial charge in [-0.25, -0.2) is 0 Å². The van der Waals surface area contributed by atoms with Crippen LogP contribution in [0.3, 0.4) is 0 Å². The number of aliphatic hydroxyl groups excluding tert-OH is 1. The highest BCUT2D eigenvalue weighted by Gasteiger charge is 2.37. The number of ether oxygens (including phenoxy) is 5. The van der Waals surface area contributed by atoms with Gasteiger partial charge in [0.05, 0.1) is 52.4 Å². The molecular weight excluding hydrogens is 648 g/mol. The van der Waals surface area contributed by atoms with Crippen LogP contribution in [0.2, 0.25) is 0 Å². The summed E-state index contributed by atoms with van der Waals surface area (Å²) in [5.41, 5.74) is 2.47. The molecule has 2 unspecified atom stereocenters. The molecule has 6 nitrogen and oxygen atoms in total. The topological polar surface area (TPSA) is 66.4 Å². The van der Waals surface area contributed by atoms with Crippen LogP contribution >= 0.6 is 0 Å². The first-order valence-corrected chi connectivity index (χ1v) is 20.6. The average molecular weight is 719 g/mol. The first kappa shape index (κ1) is 43.8. The molecule has 0 aliphatic rings. The predicted octanol–water partition coefficient (Wildman–Crippen LogP) is 11.0. The summed E-state index contributed by atoms with van der Waals surface area (Å²) in [7, 11) is 0. The Morgan fingerprint density at radius 1 is 0.481 bits per heavy atom. The van der Waals surface area contributed by atoms with Crippen molar-refractivity contribution in [3.63, 3.8) is 0 Å². The van der Waals surface area contributed by atoms with Crippen molar-refractivity contribution in [1.29, 1.82) is 0 Å². The molecule has 0 fully saturated rings. The molecule has 0 aliphatic heterocycles. The molecule has 0 spiro atoms. The van der Waals surface area contributed by atoms with E-state index in [1.165, 1.54) is 83.5 Å². The van der Waals surface area contributed by atoms with Gasteiger partial charge in [0.25, 0.3) is 0 Å². The summed E-state index contributed by atoms with van der Waals surface area (Å²) in [5, 5.41) is 10.4. The Balaban J connectivity index is 1.20. The van der Waals surface area contributed by atoms with Crippen LogP contribution in [0.4, 0.5) is 0 Å². The Morgan fingerprint density at radius 2 is 0.885 bits per heavy atom. The molecule has 3 aromatic carbocycles. The second-order valence-electron chi connectivity index (χ2n) is 13.9. The Kier molecular flexibility index (Phi) is 24.3. The fourth-order valence-corrected chi connectivity index (χ4v) is 6.74. The summed E-state index contributed by atoms with van der Waals surface area (Å²) < 4.78 is 30.1. The quantitative estimate of drug-likeness (QED) is 0.0384. The zero-order valence-corrected chi connectivity index (χ0v) is 32.6. The maximum absolute atomic E-state index is 10.4. The van der Waals surface area contributed by atoms with Crippen molar-refractivity contribution in [2.24, 2.45) is 0 Å². The molecule has 52 heavy (non-hydrogen) atoms. The van der Waals surface area contributed by atoms with Crippen molar-refractivity contribution < 1.29 is 28.8 Å². The van der Waals surface area contributed by atoms with Crippen molar-refractivity contribution in [2.75, 3.05) is 46.2 Å². The summed E-state index contributed by atoms with van der Waals surface area (Å²) in [6.07, 6.45) is 19.5. The first-order valence-electron chi connectivity index (χ1n) is 20.6. The highest BCUT2D eigenvalue weighted by molar-refractivity contribution is 5.47. The van der Waals surface area contributed by atoms with Gasteiger partial charge in [-0.15, -0.1) is 0 Å². The van der Waals surface area contributed by atoms with E-state index in [1.54, 1.807) is 0 Å². The van der Waals surface area contributed by atoms with Crippen LogP contribution < -0.4 is 0 Å². The average Bonchev–Trinajstić information content (AvgIpc) is 3.19. The first-order chi connectivity index (χ1) is 25.7. The van der Waals surface area contributed by atoms with Crippen molar-refractivity contribution in [3.8, 4) is 0 Å². The zero-order valence-electron chi connectivity index (χ0n) is 32.6. The van der Waals surface area contributed by atoms with Crippen LogP contribution in [0, 0.1) is 0 Å². The van der Waals surface area contributed by atoms with E-state index in [0.717, 1.165) is 36.0 Å². The summed E-state index contributed by atoms with van der Waals surface area (Å²) in [6, 6.07) is 31.1. The van der Waals surface area contributed by atoms with Crippen LogP contribution in [-0.4, -0.2) is 63.7 Å². The molecule has 0 saturated carbocycles. The van der Waals surface area contributed by atoms with Crippen molar-refractivity contribution in [2.45, 2.75) is 135 Å². The van der Waals surface area contributed by atoms with Gasteiger partial charge in [-0.05, 0) is 29.5 Å². The van der Waals surface area contributed by atoms with E-state index in [1.807, 2.05) is 25.1 Å². The van der Waals surface area contributed by atoms with Gasteiger partial charge in [-0.2, -0.15) is 0 Å². The Hall–Kier alpha value is -2.58. The smallest absolute Gasteiger partial charge is 0.157 e. The standard InChI is InChI=1S/C46H70O6/c1-3-5-6-7-8-9-10-11-12-13-14-15-16-26-33-44(47)40-51-45(4-2)50-38-36-48-34-35-49-37-39-52-46(41-27-20-17-21-28-41,42-29-22-18-23-30-42)43-31-24-19-25-32-43/h17-25,27-32,44-45,47H,3-16,26,33-40H2,1-2H3. The predicted molar refractivity (Wildman–Crippen MR) is 214 cm³/mol. The molecule has 1 N–H and O–H groups in total. The molecule has 0 aliphatic carbocycles. The van der Waals surface area contributed by atoms with Gasteiger partial charge >= 0.3 is 0 Å². The summed E-state index contributed by atoms with van der Waals surface area (Å²) in [5.74, 6) is 0.